The first kappa shape index (κ1) is 16.6. The number of carbonyl (C=O) groups is 1. The van der Waals surface area contributed by atoms with Gasteiger partial charge >= 0.3 is 6.03 Å². The number of ether oxygens (including phenoxy) is 1. The van der Waals surface area contributed by atoms with E-state index in [1.165, 1.54) is 0 Å². The Morgan fingerprint density at radius 1 is 1.42 bits per heavy atom. The molecule has 2 aromatic rings. The third-order valence-corrected chi connectivity index (χ3v) is 3.98. The summed E-state index contributed by atoms with van der Waals surface area (Å²) in [6, 6.07) is 4.81. The summed E-state index contributed by atoms with van der Waals surface area (Å²) in [6.07, 6.45) is 2.90. The number of nitrogens with one attached hydrogen (secondary N) is 2. The number of anilines is 1. The van der Waals surface area contributed by atoms with E-state index in [-0.39, 0.29) is 6.03 Å². The molecule has 3 rings (SSSR count). The highest BCUT2D eigenvalue weighted by Gasteiger charge is 2.17. The number of hydrogen-bond acceptors (Lipinski definition) is 4. The van der Waals surface area contributed by atoms with E-state index in [9.17, 15) is 4.79 Å². The number of nitrogens with zero attached hydrogens (tertiary/aromatic N) is 3. The Kier molecular flexibility index (Phi) is 5.20. The highest BCUT2D eigenvalue weighted by atomic mass is 35.5. The molecule has 1 aromatic carbocycles. The van der Waals surface area contributed by atoms with E-state index in [4.69, 9.17) is 16.3 Å². The monoisotopic (exact) mass is 349 g/mol. The van der Waals surface area contributed by atoms with Crippen molar-refractivity contribution >= 4 is 23.3 Å². The average Bonchev–Trinajstić information content (AvgIpc) is 3.16. The molecule has 0 saturated heterocycles. The molecule has 1 aliphatic heterocycles. The number of halogens is 1. The maximum atomic E-state index is 12.2. The fourth-order valence-corrected chi connectivity index (χ4v) is 2.78. The summed E-state index contributed by atoms with van der Waals surface area (Å²) in [6.45, 7) is 3.82. The Labute approximate surface area is 145 Å². The van der Waals surface area contributed by atoms with Crippen molar-refractivity contribution in [2.75, 3.05) is 11.9 Å². The highest BCUT2D eigenvalue weighted by molar-refractivity contribution is 6.31. The molecule has 0 radical (unpaired) electrons. The molecule has 8 heteroatoms. The lowest BCUT2D eigenvalue weighted by Crippen LogP contribution is -2.29. The molecule has 2 heterocycles. The van der Waals surface area contributed by atoms with Gasteiger partial charge in [0.1, 0.15) is 11.6 Å². The Bertz CT molecular complexity index is 731. The maximum Gasteiger partial charge on any atom is 0.319 e. The first-order valence-electron chi connectivity index (χ1n) is 8.05. The van der Waals surface area contributed by atoms with Crippen LogP contribution < -0.4 is 15.4 Å². The van der Waals surface area contributed by atoms with Crippen molar-refractivity contribution in [3.63, 3.8) is 0 Å². The topological polar surface area (TPSA) is 81.1 Å². The number of aryl methyl sites for hydroxylation is 1. The lowest BCUT2D eigenvalue weighted by Gasteiger charge is -2.13. The Morgan fingerprint density at radius 2 is 2.29 bits per heavy atom. The fraction of sp³-hybridized carbons (Fsp3) is 0.438. The molecule has 128 valence electrons. The van der Waals surface area contributed by atoms with E-state index in [2.05, 4.69) is 25.4 Å². The van der Waals surface area contributed by atoms with E-state index in [1.807, 2.05) is 6.92 Å². The number of carbonyl (C=O) groups excluding carboxylic acids is 1. The number of rotatable bonds is 6. The van der Waals surface area contributed by atoms with Gasteiger partial charge in [0.2, 0.25) is 0 Å². The molecule has 1 aromatic heterocycles. The van der Waals surface area contributed by atoms with Gasteiger partial charge in [0.25, 0.3) is 0 Å². The van der Waals surface area contributed by atoms with Gasteiger partial charge in [-0.05, 0) is 31.0 Å². The lowest BCUT2D eigenvalue weighted by molar-refractivity contribution is 0.251. The molecule has 0 atom stereocenters. The number of benzene rings is 1. The standard InChI is InChI=1S/C16H20ClN5O2/c1-2-8-24-13-6-5-11(17)9-12(13)19-16(23)18-10-15-21-20-14-4-3-7-22(14)15/h5-6,9H,2-4,7-8,10H2,1H3,(H2,18,19,23). The van der Waals surface area contributed by atoms with E-state index in [1.54, 1.807) is 18.2 Å². The van der Waals surface area contributed by atoms with Crippen LogP contribution in [-0.4, -0.2) is 27.4 Å². The summed E-state index contributed by atoms with van der Waals surface area (Å²) in [5, 5.41) is 14.3. The quantitative estimate of drug-likeness (QED) is 0.840. The summed E-state index contributed by atoms with van der Waals surface area (Å²) in [5.74, 6) is 2.35. The van der Waals surface area contributed by atoms with E-state index in [0.717, 1.165) is 37.5 Å². The van der Waals surface area contributed by atoms with Gasteiger partial charge in [-0.25, -0.2) is 4.79 Å². The zero-order chi connectivity index (χ0) is 16.9. The van der Waals surface area contributed by atoms with Crippen molar-refractivity contribution < 1.29 is 9.53 Å². The molecule has 1 aliphatic rings. The van der Waals surface area contributed by atoms with Crippen molar-refractivity contribution in [2.45, 2.75) is 39.3 Å². The van der Waals surface area contributed by atoms with Gasteiger partial charge in [-0.15, -0.1) is 10.2 Å². The second-order valence-corrected chi connectivity index (χ2v) is 6.02. The summed E-state index contributed by atoms with van der Waals surface area (Å²) in [5.41, 5.74) is 0.542. The number of amides is 2. The Hall–Kier alpha value is -2.28. The van der Waals surface area contributed by atoms with Gasteiger partial charge in [0.15, 0.2) is 5.82 Å². The highest BCUT2D eigenvalue weighted by Crippen LogP contribution is 2.28. The van der Waals surface area contributed by atoms with Crippen LogP contribution >= 0.6 is 11.6 Å². The van der Waals surface area contributed by atoms with Crippen LogP contribution in [0, 0.1) is 0 Å². The van der Waals surface area contributed by atoms with Crippen molar-refractivity contribution in [3.8, 4) is 5.75 Å². The van der Waals surface area contributed by atoms with E-state index in [0.29, 0.717) is 29.6 Å². The van der Waals surface area contributed by atoms with Crippen LogP contribution in [0.25, 0.3) is 0 Å². The molecule has 0 fully saturated rings. The average molecular weight is 350 g/mol. The van der Waals surface area contributed by atoms with Crippen LogP contribution in [0.4, 0.5) is 10.5 Å². The van der Waals surface area contributed by atoms with E-state index < -0.39 is 0 Å². The summed E-state index contributed by atoms with van der Waals surface area (Å²) in [7, 11) is 0. The molecule has 0 spiro atoms. The van der Waals surface area contributed by atoms with Crippen LogP contribution in [-0.2, 0) is 19.5 Å². The summed E-state index contributed by atoms with van der Waals surface area (Å²) < 4.78 is 7.68. The second-order valence-electron chi connectivity index (χ2n) is 5.58. The molecule has 2 amide bonds. The Balaban J connectivity index is 1.61. The minimum absolute atomic E-state index is 0.324. The zero-order valence-corrected chi connectivity index (χ0v) is 14.3. The Morgan fingerprint density at radius 3 is 3.12 bits per heavy atom. The number of urea groups is 1. The predicted molar refractivity (Wildman–Crippen MR) is 91.4 cm³/mol. The summed E-state index contributed by atoms with van der Waals surface area (Å²) in [4.78, 5) is 12.2. The fourth-order valence-electron chi connectivity index (χ4n) is 2.61. The predicted octanol–water partition coefficient (Wildman–Crippen LogP) is 2.99. The number of fused-ring (bicyclic) bond motifs is 1. The van der Waals surface area contributed by atoms with Gasteiger partial charge < -0.3 is 19.9 Å². The van der Waals surface area contributed by atoms with Crippen LogP contribution in [0.2, 0.25) is 5.02 Å². The van der Waals surface area contributed by atoms with Gasteiger partial charge in [-0.2, -0.15) is 0 Å². The zero-order valence-electron chi connectivity index (χ0n) is 13.5. The number of aromatic nitrogens is 3. The molecule has 7 nitrogen and oxygen atoms in total. The molecule has 0 unspecified atom stereocenters. The third kappa shape index (κ3) is 3.79. The van der Waals surface area contributed by atoms with Gasteiger partial charge in [-0.1, -0.05) is 18.5 Å². The lowest BCUT2D eigenvalue weighted by atomic mass is 10.3. The first-order chi connectivity index (χ1) is 11.7. The van der Waals surface area contributed by atoms with Crippen molar-refractivity contribution in [3.05, 3.63) is 34.9 Å². The largest absolute Gasteiger partial charge is 0.491 e. The first-order valence-corrected chi connectivity index (χ1v) is 8.43. The van der Waals surface area contributed by atoms with Crippen LogP contribution in [0.3, 0.4) is 0 Å². The molecular weight excluding hydrogens is 330 g/mol. The normalized spacial score (nSPS) is 12.8. The van der Waals surface area contributed by atoms with Gasteiger partial charge in [-0.3, -0.25) is 0 Å². The van der Waals surface area contributed by atoms with Crippen LogP contribution in [0.15, 0.2) is 18.2 Å². The van der Waals surface area contributed by atoms with Gasteiger partial charge in [0, 0.05) is 18.0 Å². The van der Waals surface area contributed by atoms with Crippen molar-refractivity contribution in [2.24, 2.45) is 0 Å². The molecule has 0 aliphatic carbocycles. The maximum absolute atomic E-state index is 12.2. The van der Waals surface area contributed by atoms with Crippen LogP contribution in [0.1, 0.15) is 31.4 Å². The molecule has 0 bridgehead atoms. The van der Waals surface area contributed by atoms with Crippen LogP contribution in [0.5, 0.6) is 5.75 Å². The molecule has 2 N–H and O–H groups in total. The third-order valence-electron chi connectivity index (χ3n) is 3.74. The smallest absolute Gasteiger partial charge is 0.319 e. The number of hydrogen-bond donors (Lipinski definition) is 2. The van der Waals surface area contributed by atoms with Gasteiger partial charge in [0.05, 0.1) is 18.8 Å². The minimum atomic E-state index is -0.339. The molecule has 0 saturated carbocycles. The minimum Gasteiger partial charge on any atom is -0.491 e. The van der Waals surface area contributed by atoms with E-state index >= 15 is 0 Å². The van der Waals surface area contributed by atoms with Crippen molar-refractivity contribution in [1.29, 1.82) is 0 Å². The summed E-state index contributed by atoms with van der Waals surface area (Å²) >= 11 is 6.01. The van der Waals surface area contributed by atoms with Crippen molar-refractivity contribution in [1.82, 2.24) is 20.1 Å². The molecular formula is C16H20ClN5O2. The SMILES string of the molecule is CCCOc1ccc(Cl)cc1NC(=O)NCc1nnc2n1CCC2. The molecule has 24 heavy (non-hydrogen) atoms. The second kappa shape index (κ2) is 7.53.